The zero-order valence-electron chi connectivity index (χ0n) is 7.85. The molecule has 0 atom stereocenters. The SMILES string of the molecule is COc1cc2c(F)cc(Cl)cc2cc1I. The van der Waals surface area contributed by atoms with Gasteiger partial charge in [-0.3, -0.25) is 0 Å². The van der Waals surface area contributed by atoms with Crippen LogP contribution in [0.25, 0.3) is 10.8 Å². The zero-order chi connectivity index (χ0) is 11.0. The third-order valence-electron chi connectivity index (χ3n) is 2.14. The monoisotopic (exact) mass is 336 g/mol. The summed E-state index contributed by atoms with van der Waals surface area (Å²) in [4.78, 5) is 0. The van der Waals surface area contributed by atoms with Gasteiger partial charge >= 0.3 is 0 Å². The summed E-state index contributed by atoms with van der Waals surface area (Å²) in [5.41, 5.74) is 0. The highest BCUT2D eigenvalue weighted by Gasteiger charge is 2.07. The first-order chi connectivity index (χ1) is 7.11. The van der Waals surface area contributed by atoms with E-state index in [-0.39, 0.29) is 5.82 Å². The third-order valence-corrected chi connectivity index (χ3v) is 3.20. The number of hydrogen-bond donors (Lipinski definition) is 0. The number of hydrogen-bond acceptors (Lipinski definition) is 1. The second kappa shape index (κ2) is 4.14. The summed E-state index contributed by atoms with van der Waals surface area (Å²) in [5.74, 6) is 0.344. The summed E-state index contributed by atoms with van der Waals surface area (Å²) >= 11 is 7.92. The number of methoxy groups -OCH3 is 1. The number of fused-ring (bicyclic) bond motifs is 1. The predicted molar refractivity (Wildman–Crippen MR) is 68.2 cm³/mol. The van der Waals surface area contributed by atoms with Crippen LogP contribution in [0.5, 0.6) is 5.75 Å². The largest absolute Gasteiger partial charge is 0.496 e. The van der Waals surface area contributed by atoms with Crippen molar-refractivity contribution in [1.82, 2.24) is 0 Å². The first-order valence-electron chi connectivity index (χ1n) is 4.24. The summed E-state index contributed by atoms with van der Waals surface area (Å²) in [6, 6.07) is 6.57. The molecule has 15 heavy (non-hydrogen) atoms. The van der Waals surface area contributed by atoms with Crippen molar-refractivity contribution in [2.45, 2.75) is 0 Å². The molecule has 0 N–H and O–H groups in total. The highest BCUT2D eigenvalue weighted by atomic mass is 127. The van der Waals surface area contributed by atoms with Crippen molar-refractivity contribution in [2.24, 2.45) is 0 Å². The minimum atomic E-state index is -0.327. The van der Waals surface area contributed by atoms with Crippen molar-refractivity contribution in [1.29, 1.82) is 0 Å². The van der Waals surface area contributed by atoms with Crippen LogP contribution in [0.4, 0.5) is 4.39 Å². The summed E-state index contributed by atoms with van der Waals surface area (Å²) in [6.07, 6.45) is 0. The molecule has 0 fully saturated rings. The van der Waals surface area contributed by atoms with Gasteiger partial charge in [0.1, 0.15) is 11.6 Å². The molecular formula is C11H7ClFIO. The molecule has 0 aliphatic rings. The van der Waals surface area contributed by atoms with Crippen LogP contribution in [0.3, 0.4) is 0 Å². The molecule has 78 valence electrons. The molecule has 0 radical (unpaired) electrons. The fourth-order valence-electron chi connectivity index (χ4n) is 1.44. The third kappa shape index (κ3) is 2.03. The van der Waals surface area contributed by atoms with Crippen LogP contribution in [0, 0.1) is 9.39 Å². The van der Waals surface area contributed by atoms with Crippen LogP contribution < -0.4 is 4.74 Å². The van der Waals surface area contributed by atoms with Crippen molar-refractivity contribution >= 4 is 45.0 Å². The molecule has 4 heteroatoms. The fourth-order valence-corrected chi connectivity index (χ4v) is 2.37. The van der Waals surface area contributed by atoms with Crippen molar-refractivity contribution in [3.05, 3.63) is 38.7 Å². The average molecular weight is 337 g/mol. The summed E-state index contributed by atoms with van der Waals surface area (Å²) in [7, 11) is 1.57. The predicted octanol–water partition coefficient (Wildman–Crippen LogP) is 4.25. The molecular weight excluding hydrogens is 329 g/mol. The Hall–Kier alpha value is -0.550. The van der Waals surface area contributed by atoms with Crippen LogP contribution >= 0.6 is 34.2 Å². The molecule has 2 aromatic rings. The van der Waals surface area contributed by atoms with Crippen molar-refractivity contribution < 1.29 is 9.13 Å². The van der Waals surface area contributed by atoms with Gasteiger partial charge in [0.2, 0.25) is 0 Å². The number of rotatable bonds is 1. The smallest absolute Gasteiger partial charge is 0.132 e. The van der Waals surface area contributed by atoms with Crippen LogP contribution in [-0.2, 0) is 0 Å². The molecule has 0 aliphatic heterocycles. The maximum atomic E-state index is 13.6. The van der Waals surface area contributed by atoms with Gasteiger partial charge in [-0.2, -0.15) is 0 Å². The van der Waals surface area contributed by atoms with Crippen LogP contribution in [0.1, 0.15) is 0 Å². The second-order valence-corrected chi connectivity index (χ2v) is 4.69. The average Bonchev–Trinajstić information content (AvgIpc) is 2.16. The van der Waals surface area contributed by atoms with Gasteiger partial charge in [-0.15, -0.1) is 0 Å². The lowest BCUT2D eigenvalue weighted by Crippen LogP contribution is -1.89. The van der Waals surface area contributed by atoms with Gasteiger partial charge in [0, 0.05) is 10.4 Å². The van der Waals surface area contributed by atoms with Gasteiger partial charge in [0.05, 0.1) is 10.7 Å². The highest BCUT2D eigenvalue weighted by Crippen LogP contribution is 2.30. The van der Waals surface area contributed by atoms with Crippen molar-refractivity contribution in [3.8, 4) is 5.75 Å². The van der Waals surface area contributed by atoms with Crippen LogP contribution in [0.15, 0.2) is 24.3 Å². The van der Waals surface area contributed by atoms with E-state index < -0.39 is 0 Å². The van der Waals surface area contributed by atoms with Gasteiger partial charge in [-0.05, 0) is 52.2 Å². The number of halogens is 3. The molecule has 0 amide bonds. The topological polar surface area (TPSA) is 9.23 Å². The maximum absolute atomic E-state index is 13.6. The van der Waals surface area contributed by atoms with Gasteiger partial charge in [-0.1, -0.05) is 11.6 Å². The molecule has 2 rings (SSSR count). The van der Waals surface area contributed by atoms with E-state index in [0.717, 1.165) is 8.96 Å². The highest BCUT2D eigenvalue weighted by molar-refractivity contribution is 14.1. The molecule has 0 aromatic heterocycles. The normalized spacial score (nSPS) is 10.7. The van der Waals surface area contributed by atoms with E-state index in [1.807, 2.05) is 6.07 Å². The molecule has 0 spiro atoms. The first kappa shape index (κ1) is 11.0. The van der Waals surface area contributed by atoms with Gasteiger partial charge in [-0.25, -0.2) is 4.39 Å². The Bertz CT molecular complexity index is 527. The van der Waals surface area contributed by atoms with E-state index in [0.29, 0.717) is 16.2 Å². The van der Waals surface area contributed by atoms with E-state index in [1.54, 1.807) is 19.2 Å². The minimum Gasteiger partial charge on any atom is -0.496 e. The lowest BCUT2D eigenvalue weighted by atomic mass is 10.1. The molecule has 1 nitrogen and oxygen atoms in total. The molecule has 2 aromatic carbocycles. The van der Waals surface area contributed by atoms with E-state index in [1.165, 1.54) is 6.07 Å². The Morgan fingerprint density at radius 1 is 1.27 bits per heavy atom. The molecule has 0 saturated carbocycles. The Kier molecular flexibility index (Phi) is 3.02. The molecule has 0 aliphatic carbocycles. The van der Waals surface area contributed by atoms with Crippen LogP contribution in [0.2, 0.25) is 5.02 Å². The van der Waals surface area contributed by atoms with E-state index in [2.05, 4.69) is 22.6 Å². The Morgan fingerprint density at radius 3 is 2.67 bits per heavy atom. The first-order valence-corrected chi connectivity index (χ1v) is 5.70. The van der Waals surface area contributed by atoms with Crippen LogP contribution in [-0.4, -0.2) is 7.11 Å². The quantitative estimate of drug-likeness (QED) is 0.708. The minimum absolute atomic E-state index is 0.327. The zero-order valence-corrected chi connectivity index (χ0v) is 10.8. The summed E-state index contributed by atoms with van der Waals surface area (Å²) in [5, 5.41) is 1.71. The van der Waals surface area contributed by atoms with E-state index in [9.17, 15) is 4.39 Å². The Labute approximate surface area is 105 Å². The molecule has 0 bridgehead atoms. The molecule has 0 unspecified atom stereocenters. The standard InChI is InChI=1S/C11H7ClFIO/c1-15-11-5-8-6(3-10(11)14)2-7(12)4-9(8)13/h2-5H,1H3. The van der Waals surface area contributed by atoms with Crippen molar-refractivity contribution in [2.75, 3.05) is 7.11 Å². The lowest BCUT2D eigenvalue weighted by molar-refractivity contribution is 0.412. The number of ether oxygens (including phenoxy) is 1. The van der Waals surface area contributed by atoms with Crippen molar-refractivity contribution in [3.63, 3.8) is 0 Å². The lowest BCUT2D eigenvalue weighted by Gasteiger charge is -2.06. The molecule has 0 saturated heterocycles. The number of benzene rings is 2. The van der Waals surface area contributed by atoms with E-state index in [4.69, 9.17) is 16.3 Å². The Morgan fingerprint density at radius 2 is 2.00 bits per heavy atom. The maximum Gasteiger partial charge on any atom is 0.132 e. The van der Waals surface area contributed by atoms with Gasteiger partial charge < -0.3 is 4.74 Å². The second-order valence-electron chi connectivity index (χ2n) is 3.10. The van der Waals surface area contributed by atoms with E-state index >= 15 is 0 Å². The fraction of sp³-hybridized carbons (Fsp3) is 0.0909. The molecule has 0 heterocycles. The summed E-state index contributed by atoms with van der Waals surface area (Å²) < 4.78 is 19.6. The summed E-state index contributed by atoms with van der Waals surface area (Å²) in [6.45, 7) is 0. The van der Waals surface area contributed by atoms with Gasteiger partial charge in [0.25, 0.3) is 0 Å². The Balaban J connectivity index is 2.81. The van der Waals surface area contributed by atoms with Gasteiger partial charge in [0.15, 0.2) is 0 Å².